The summed E-state index contributed by atoms with van der Waals surface area (Å²) in [7, 11) is 0. The second-order valence-corrected chi connectivity index (χ2v) is 8.01. The number of amides is 2. The maximum absolute atomic E-state index is 12.6. The molecule has 3 rings (SSSR count). The van der Waals surface area contributed by atoms with Crippen molar-refractivity contribution in [3.63, 3.8) is 0 Å². The normalized spacial score (nSPS) is 22.6. The van der Waals surface area contributed by atoms with Crippen molar-refractivity contribution in [2.75, 3.05) is 19.6 Å². The van der Waals surface area contributed by atoms with Crippen LogP contribution in [0, 0.1) is 5.92 Å². The molecule has 2 saturated heterocycles. The summed E-state index contributed by atoms with van der Waals surface area (Å²) in [6, 6.07) is 3.52. The number of piperidine rings is 1. The number of rotatable bonds is 6. The van der Waals surface area contributed by atoms with Gasteiger partial charge in [-0.1, -0.05) is 20.3 Å². The zero-order valence-electron chi connectivity index (χ0n) is 16.4. The van der Waals surface area contributed by atoms with Gasteiger partial charge in [-0.2, -0.15) is 0 Å². The molecule has 6 heteroatoms. The van der Waals surface area contributed by atoms with Crippen molar-refractivity contribution in [2.24, 2.45) is 5.92 Å². The van der Waals surface area contributed by atoms with Gasteiger partial charge in [0.05, 0.1) is 11.7 Å². The summed E-state index contributed by atoms with van der Waals surface area (Å²) in [4.78, 5) is 30.4. The number of likely N-dealkylation sites (tertiary alicyclic amines) is 1. The van der Waals surface area contributed by atoms with Crippen molar-refractivity contribution in [3.8, 4) is 0 Å². The highest BCUT2D eigenvalue weighted by atomic mass is 16.5. The van der Waals surface area contributed by atoms with Gasteiger partial charge in [-0.05, 0) is 43.7 Å². The minimum Gasteiger partial charge on any atom is -0.370 e. The third kappa shape index (κ3) is 5.06. The van der Waals surface area contributed by atoms with E-state index in [1.165, 1.54) is 0 Å². The number of pyridine rings is 1. The van der Waals surface area contributed by atoms with E-state index < -0.39 is 0 Å². The van der Waals surface area contributed by atoms with Crippen molar-refractivity contribution in [2.45, 2.75) is 64.1 Å². The number of carbonyl (C=O) groups is 2. The molecule has 2 fully saturated rings. The summed E-state index contributed by atoms with van der Waals surface area (Å²) >= 11 is 0. The molecule has 2 aliphatic heterocycles. The summed E-state index contributed by atoms with van der Waals surface area (Å²) in [6.45, 7) is 6.23. The van der Waals surface area contributed by atoms with Crippen LogP contribution in [0.25, 0.3) is 0 Å². The van der Waals surface area contributed by atoms with Gasteiger partial charge in [0, 0.05) is 44.0 Å². The largest absolute Gasteiger partial charge is 0.370 e. The second-order valence-electron chi connectivity index (χ2n) is 8.01. The van der Waals surface area contributed by atoms with Gasteiger partial charge in [0.25, 0.3) is 5.91 Å². The number of nitrogens with one attached hydrogen (secondary N) is 1. The Labute approximate surface area is 161 Å². The van der Waals surface area contributed by atoms with E-state index >= 15 is 0 Å². The smallest absolute Gasteiger partial charge is 0.253 e. The predicted molar refractivity (Wildman–Crippen MR) is 103 cm³/mol. The average Bonchev–Trinajstić information content (AvgIpc) is 3.09. The van der Waals surface area contributed by atoms with Crippen LogP contribution in [0.4, 0.5) is 0 Å². The van der Waals surface area contributed by atoms with Crippen molar-refractivity contribution in [3.05, 3.63) is 30.1 Å². The maximum atomic E-state index is 12.6. The topological polar surface area (TPSA) is 71.5 Å². The number of hydrogen-bond donors (Lipinski definition) is 1. The molecule has 0 saturated carbocycles. The molecule has 1 aromatic rings. The standard InChI is InChI=1S/C21H31N3O3/c1-3-16(2)14-19(25)23-15-18-4-7-21(27-18)8-12-24(13-9-21)20(26)17-5-10-22-11-6-17/h5-6,10-11,16,18H,3-4,7-9,12-15H2,1-2H3,(H,23,25). The molecule has 0 bridgehead atoms. The predicted octanol–water partition coefficient (Wildman–Crippen LogP) is 2.79. The minimum atomic E-state index is -0.124. The van der Waals surface area contributed by atoms with Crippen molar-refractivity contribution in [1.29, 1.82) is 0 Å². The molecule has 2 unspecified atom stereocenters. The van der Waals surface area contributed by atoms with E-state index in [-0.39, 0.29) is 23.5 Å². The summed E-state index contributed by atoms with van der Waals surface area (Å²) < 4.78 is 6.34. The molecule has 2 aliphatic rings. The van der Waals surface area contributed by atoms with Crippen LogP contribution in [0.2, 0.25) is 0 Å². The van der Waals surface area contributed by atoms with Gasteiger partial charge >= 0.3 is 0 Å². The Morgan fingerprint density at radius 2 is 2.00 bits per heavy atom. The third-order valence-electron chi connectivity index (χ3n) is 5.99. The SMILES string of the molecule is CCC(C)CC(=O)NCC1CCC2(CCN(C(=O)c3ccncc3)CC2)O1. The third-order valence-corrected chi connectivity index (χ3v) is 5.99. The number of ether oxygens (including phenoxy) is 1. The lowest BCUT2D eigenvalue weighted by molar-refractivity contribution is -0.123. The summed E-state index contributed by atoms with van der Waals surface area (Å²) in [5.74, 6) is 0.605. The monoisotopic (exact) mass is 373 g/mol. The van der Waals surface area contributed by atoms with E-state index in [4.69, 9.17) is 4.74 Å². The number of hydrogen-bond acceptors (Lipinski definition) is 4. The highest BCUT2D eigenvalue weighted by Crippen LogP contribution is 2.39. The summed E-state index contributed by atoms with van der Waals surface area (Å²) in [5.41, 5.74) is 0.566. The molecule has 27 heavy (non-hydrogen) atoms. The first-order valence-electron chi connectivity index (χ1n) is 10.1. The van der Waals surface area contributed by atoms with Crippen molar-refractivity contribution >= 4 is 11.8 Å². The van der Waals surface area contributed by atoms with Crippen molar-refractivity contribution in [1.82, 2.24) is 15.2 Å². The van der Waals surface area contributed by atoms with Gasteiger partial charge in [-0.15, -0.1) is 0 Å². The second kappa shape index (κ2) is 8.83. The number of nitrogens with zero attached hydrogens (tertiary/aromatic N) is 2. The number of aromatic nitrogens is 1. The van der Waals surface area contributed by atoms with E-state index in [0.717, 1.165) is 32.1 Å². The van der Waals surface area contributed by atoms with Gasteiger partial charge in [0.15, 0.2) is 0 Å². The maximum Gasteiger partial charge on any atom is 0.253 e. The van der Waals surface area contributed by atoms with E-state index in [1.54, 1.807) is 24.5 Å². The molecule has 0 aromatic carbocycles. The zero-order chi connectivity index (χ0) is 19.3. The molecular formula is C21H31N3O3. The summed E-state index contributed by atoms with van der Waals surface area (Å²) in [6.07, 6.45) is 8.71. The Morgan fingerprint density at radius 3 is 2.67 bits per heavy atom. The molecule has 0 radical (unpaired) electrons. The fourth-order valence-electron chi connectivity index (χ4n) is 3.96. The van der Waals surface area contributed by atoms with Crippen LogP contribution in [0.3, 0.4) is 0 Å². The minimum absolute atomic E-state index is 0.0686. The Kier molecular flexibility index (Phi) is 6.47. The quantitative estimate of drug-likeness (QED) is 0.832. The van der Waals surface area contributed by atoms with Gasteiger partial charge in [-0.25, -0.2) is 0 Å². The van der Waals surface area contributed by atoms with Crippen LogP contribution >= 0.6 is 0 Å². The van der Waals surface area contributed by atoms with Crippen LogP contribution in [0.1, 0.15) is 62.7 Å². The van der Waals surface area contributed by atoms with Crippen LogP contribution in [0.5, 0.6) is 0 Å². The lowest BCUT2D eigenvalue weighted by Gasteiger charge is -2.39. The molecule has 1 aromatic heterocycles. The van der Waals surface area contributed by atoms with Crippen molar-refractivity contribution < 1.29 is 14.3 Å². The molecule has 1 spiro atoms. The highest BCUT2D eigenvalue weighted by Gasteiger charge is 2.43. The molecule has 0 aliphatic carbocycles. The van der Waals surface area contributed by atoms with Gasteiger partial charge in [0.2, 0.25) is 5.91 Å². The molecule has 2 atom stereocenters. The first kappa shape index (κ1) is 19.8. The molecule has 2 amide bonds. The fraction of sp³-hybridized carbons (Fsp3) is 0.667. The van der Waals surface area contributed by atoms with Gasteiger partial charge in [-0.3, -0.25) is 14.6 Å². The molecule has 3 heterocycles. The van der Waals surface area contributed by atoms with Crippen LogP contribution < -0.4 is 5.32 Å². The highest BCUT2D eigenvalue weighted by molar-refractivity contribution is 5.94. The Bertz CT molecular complexity index is 641. The fourth-order valence-corrected chi connectivity index (χ4v) is 3.96. The van der Waals surface area contributed by atoms with Crippen LogP contribution in [0.15, 0.2) is 24.5 Å². The molecule has 148 valence electrons. The van der Waals surface area contributed by atoms with Crippen LogP contribution in [-0.4, -0.2) is 53.0 Å². The van der Waals surface area contributed by atoms with E-state index in [0.29, 0.717) is 37.5 Å². The number of carbonyl (C=O) groups excluding carboxylic acids is 2. The van der Waals surface area contributed by atoms with E-state index in [2.05, 4.69) is 24.1 Å². The van der Waals surface area contributed by atoms with Crippen LogP contribution in [-0.2, 0) is 9.53 Å². The first-order chi connectivity index (χ1) is 13.0. The average molecular weight is 373 g/mol. The van der Waals surface area contributed by atoms with E-state index in [1.807, 2.05) is 4.90 Å². The lowest BCUT2D eigenvalue weighted by atomic mass is 9.88. The first-order valence-corrected chi connectivity index (χ1v) is 10.1. The molecule has 1 N–H and O–H groups in total. The Morgan fingerprint density at radius 1 is 1.30 bits per heavy atom. The van der Waals surface area contributed by atoms with E-state index in [9.17, 15) is 9.59 Å². The van der Waals surface area contributed by atoms with Gasteiger partial charge < -0.3 is 15.0 Å². The Balaban J connectivity index is 1.44. The molecular weight excluding hydrogens is 342 g/mol. The zero-order valence-corrected chi connectivity index (χ0v) is 16.4. The summed E-state index contributed by atoms with van der Waals surface area (Å²) in [5, 5.41) is 3.03. The molecule has 6 nitrogen and oxygen atoms in total. The Hall–Kier alpha value is -1.95. The van der Waals surface area contributed by atoms with Gasteiger partial charge in [0.1, 0.15) is 0 Å². The lowest BCUT2D eigenvalue weighted by Crippen LogP contribution is -2.47.